The normalized spacial score (nSPS) is 29.8. The number of aliphatic hydroxyl groups excluding tert-OH is 1. The quantitative estimate of drug-likeness (QED) is 0.817. The van der Waals surface area contributed by atoms with Crippen molar-refractivity contribution in [2.45, 2.75) is 44.6 Å². The van der Waals surface area contributed by atoms with E-state index in [1.165, 1.54) is 25.9 Å². The minimum Gasteiger partial charge on any atom is -0.391 e. The lowest BCUT2D eigenvalue weighted by Gasteiger charge is -2.30. The predicted octanol–water partition coefficient (Wildman–Crippen LogP) is 1.09. The summed E-state index contributed by atoms with van der Waals surface area (Å²) in [6, 6.07) is 0. The van der Waals surface area contributed by atoms with Crippen molar-refractivity contribution in [3.05, 3.63) is 0 Å². The van der Waals surface area contributed by atoms with E-state index < -0.39 is 0 Å². The second-order valence-corrected chi connectivity index (χ2v) is 5.94. The fourth-order valence-corrected chi connectivity index (χ4v) is 3.14. The van der Waals surface area contributed by atoms with E-state index in [9.17, 15) is 9.90 Å². The summed E-state index contributed by atoms with van der Waals surface area (Å²) in [6.45, 7) is 3.78. The van der Waals surface area contributed by atoms with Crippen molar-refractivity contribution in [1.82, 2.24) is 9.80 Å². The van der Waals surface area contributed by atoms with Gasteiger partial charge in [0.1, 0.15) is 0 Å². The molecule has 4 heteroatoms. The second kappa shape index (κ2) is 6.53. The Morgan fingerprint density at radius 1 is 1.28 bits per heavy atom. The van der Waals surface area contributed by atoms with E-state index >= 15 is 0 Å². The fourth-order valence-electron chi connectivity index (χ4n) is 3.14. The molecular formula is C14H26N2O2. The molecule has 0 saturated carbocycles. The first-order chi connectivity index (χ1) is 8.65. The van der Waals surface area contributed by atoms with Crippen LogP contribution in [0.1, 0.15) is 38.5 Å². The van der Waals surface area contributed by atoms with Crippen LogP contribution < -0.4 is 0 Å². The molecule has 104 valence electrons. The molecule has 1 amide bonds. The van der Waals surface area contributed by atoms with Crippen LogP contribution in [0.4, 0.5) is 0 Å². The molecule has 18 heavy (non-hydrogen) atoms. The molecule has 0 bridgehead atoms. The maximum Gasteiger partial charge on any atom is 0.222 e. The number of carbonyl (C=O) groups excluding carboxylic acids is 1. The van der Waals surface area contributed by atoms with Crippen molar-refractivity contribution in [3.8, 4) is 0 Å². The van der Waals surface area contributed by atoms with Crippen LogP contribution in [0.5, 0.6) is 0 Å². The highest BCUT2D eigenvalue weighted by Gasteiger charge is 2.23. The number of nitrogens with zero attached hydrogens (tertiary/aromatic N) is 2. The van der Waals surface area contributed by atoms with Gasteiger partial charge in [0.05, 0.1) is 6.10 Å². The zero-order chi connectivity index (χ0) is 13.0. The van der Waals surface area contributed by atoms with Gasteiger partial charge in [0, 0.05) is 26.1 Å². The van der Waals surface area contributed by atoms with Gasteiger partial charge >= 0.3 is 0 Å². The van der Waals surface area contributed by atoms with Crippen LogP contribution in [0.25, 0.3) is 0 Å². The maximum absolute atomic E-state index is 12.0. The fraction of sp³-hybridized carbons (Fsp3) is 0.929. The van der Waals surface area contributed by atoms with Crippen molar-refractivity contribution < 1.29 is 9.90 Å². The highest BCUT2D eigenvalue weighted by molar-refractivity contribution is 5.76. The molecule has 0 aromatic carbocycles. The highest BCUT2D eigenvalue weighted by Crippen LogP contribution is 2.21. The summed E-state index contributed by atoms with van der Waals surface area (Å²) in [7, 11) is 2.17. The van der Waals surface area contributed by atoms with E-state index in [2.05, 4.69) is 11.9 Å². The molecule has 2 aliphatic rings. The topological polar surface area (TPSA) is 43.8 Å². The molecule has 2 saturated heterocycles. The summed E-state index contributed by atoms with van der Waals surface area (Å²) in [5.74, 6) is 1.02. The Kier molecular flexibility index (Phi) is 5.01. The first-order valence-corrected chi connectivity index (χ1v) is 7.29. The molecule has 0 aromatic heterocycles. The van der Waals surface area contributed by atoms with E-state index in [1.807, 2.05) is 4.90 Å². The van der Waals surface area contributed by atoms with Gasteiger partial charge in [-0.25, -0.2) is 0 Å². The third-order valence-electron chi connectivity index (χ3n) is 4.24. The molecule has 0 aliphatic carbocycles. The Bertz CT molecular complexity index is 283. The highest BCUT2D eigenvalue weighted by atomic mass is 16.3. The van der Waals surface area contributed by atoms with Gasteiger partial charge in [0.15, 0.2) is 0 Å². The summed E-state index contributed by atoms with van der Waals surface area (Å²) in [5, 5.41) is 9.56. The van der Waals surface area contributed by atoms with Gasteiger partial charge in [0.25, 0.3) is 0 Å². The third kappa shape index (κ3) is 3.95. The van der Waals surface area contributed by atoms with Crippen LogP contribution in [-0.4, -0.2) is 60.1 Å². The van der Waals surface area contributed by atoms with Crippen LogP contribution >= 0.6 is 0 Å². The Hall–Kier alpha value is -0.610. The van der Waals surface area contributed by atoms with Gasteiger partial charge in [-0.1, -0.05) is 0 Å². The van der Waals surface area contributed by atoms with Crippen LogP contribution in [-0.2, 0) is 4.79 Å². The van der Waals surface area contributed by atoms with E-state index in [1.54, 1.807) is 0 Å². The van der Waals surface area contributed by atoms with Gasteiger partial charge in [-0.15, -0.1) is 0 Å². The van der Waals surface area contributed by atoms with E-state index in [-0.39, 0.29) is 12.0 Å². The van der Waals surface area contributed by atoms with Crippen molar-refractivity contribution in [2.24, 2.45) is 5.92 Å². The maximum atomic E-state index is 12.0. The zero-order valence-corrected chi connectivity index (χ0v) is 11.5. The Morgan fingerprint density at radius 2 is 2.11 bits per heavy atom. The molecule has 2 heterocycles. The zero-order valence-electron chi connectivity index (χ0n) is 11.5. The first kappa shape index (κ1) is 13.8. The van der Waals surface area contributed by atoms with Crippen molar-refractivity contribution >= 4 is 5.91 Å². The van der Waals surface area contributed by atoms with Crippen LogP contribution in [0, 0.1) is 5.92 Å². The molecule has 2 atom stereocenters. The monoisotopic (exact) mass is 254 g/mol. The number of rotatable bonds is 4. The lowest BCUT2D eigenvalue weighted by Crippen LogP contribution is -2.42. The Balaban J connectivity index is 1.62. The summed E-state index contributed by atoms with van der Waals surface area (Å²) < 4.78 is 0. The third-order valence-corrected chi connectivity index (χ3v) is 4.24. The smallest absolute Gasteiger partial charge is 0.222 e. The van der Waals surface area contributed by atoms with E-state index in [0.29, 0.717) is 13.0 Å². The lowest BCUT2D eigenvalue weighted by atomic mass is 10.0. The van der Waals surface area contributed by atoms with Crippen LogP contribution in [0.2, 0.25) is 0 Å². The van der Waals surface area contributed by atoms with Crippen molar-refractivity contribution in [1.29, 1.82) is 0 Å². The Morgan fingerprint density at radius 3 is 2.78 bits per heavy atom. The summed E-state index contributed by atoms with van der Waals surface area (Å²) >= 11 is 0. The van der Waals surface area contributed by atoms with Gasteiger partial charge < -0.3 is 14.9 Å². The van der Waals surface area contributed by atoms with Crippen LogP contribution in [0.15, 0.2) is 0 Å². The molecule has 2 rings (SSSR count). The molecule has 2 fully saturated rings. The summed E-state index contributed by atoms with van der Waals surface area (Å²) in [5.41, 5.74) is 0. The number of amides is 1. The van der Waals surface area contributed by atoms with Gasteiger partial charge in [-0.2, -0.15) is 0 Å². The van der Waals surface area contributed by atoms with E-state index in [4.69, 9.17) is 0 Å². The number of β-amino-alcohol motifs (C(OH)–C–C–N with tert-alkyl or cyclic N) is 1. The average molecular weight is 254 g/mol. The predicted molar refractivity (Wildman–Crippen MR) is 71.3 cm³/mol. The summed E-state index contributed by atoms with van der Waals surface area (Å²) in [4.78, 5) is 16.2. The number of piperidine rings is 1. The molecule has 1 N–H and O–H groups in total. The molecule has 4 nitrogen and oxygen atoms in total. The molecular weight excluding hydrogens is 228 g/mol. The van der Waals surface area contributed by atoms with Gasteiger partial charge in [-0.05, 0) is 51.6 Å². The van der Waals surface area contributed by atoms with Gasteiger partial charge in [-0.3, -0.25) is 4.79 Å². The van der Waals surface area contributed by atoms with Crippen molar-refractivity contribution in [3.63, 3.8) is 0 Å². The SMILES string of the molecule is CN1CCC(CCCC(=O)N2CCCC(O)C2)C1. The molecule has 2 aliphatic heterocycles. The average Bonchev–Trinajstić information content (AvgIpc) is 2.75. The Labute approximate surface area is 110 Å². The van der Waals surface area contributed by atoms with Crippen molar-refractivity contribution in [2.75, 3.05) is 33.2 Å². The van der Waals surface area contributed by atoms with E-state index in [0.717, 1.165) is 31.7 Å². The molecule has 0 radical (unpaired) electrons. The number of hydrogen-bond acceptors (Lipinski definition) is 3. The molecule has 0 aromatic rings. The lowest BCUT2D eigenvalue weighted by molar-refractivity contribution is -0.134. The van der Waals surface area contributed by atoms with Gasteiger partial charge in [0.2, 0.25) is 5.91 Å². The number of carbonyl (C=O) groups is 1. The largest absolute Gasteiger partial charge is 0.391 e. The number of aliphatic hydroxyl groups is 1. The minimum absolute atomic E-state index is 0.236. The molecule has 0 spiro atoms. The standard InChI is InChI=1S/C14H26N2O2/c1-15-9-7-12(10-15)4-2-6-14(18)16-8-3-5-13(17)11-16/h12-13,17H,2-11H2,1H3. The second-order valence-electron chi connectivity index (χ2n) is 5.94. The summed E-state index contributed by atoms with van der Waals surface area (Å²) in [6.07, 6.45) is 5.61. The minimum atomic E-state index is -0.300. The number of likely N-dealkylation sites (tertiary alicyclic amines) is 2. The molecule has 2 unspecified atom stereocenters. The first-order valence-electron chi connectivity index (χ1n) is 7.29. The van der Waals surface area contributed by atoms with Crippen LogP contribution in [0.3, 0.4) is 0 Å². The number of hydrogen-bond donors (Lipinski definition) is 1.